The number of nitrogens with zero attached hydrogens (tertiary/aromatic N) is 9. The molecule has 8 rings (SSSR count). The lowest BCUT2D eigenvalue weighted by molar-refractivity contribution is 0.0827. The third kappa shape index (κ3) is 21.6. The topological polar surface area (TPSA) is 296 Å². The van der Waals surface area contributed by atoms with Gasteiger partial charge in [0.25, 0.3) is 35.0 Å². The summed E-state index contributed by atoms with van der Waals surface area (Å²) >= 11 is 40.5. The smallest absolute Gasteiger partial charge is 0.275 e. The van der Waals surface area contributed by atoms with Crippen molar-refractivity contribution in [1.82, 2.24) is 34.7 Å². The van der Waals surface area contributed by atoms with E-state index in [1.54, 1.807) is 51.0 Å². The molecule has 0 fully saturated rings. The molecular weight excluding hydrogens is 1400 g/mol. The molecule has 1 amide bonds. The fourth-order valence-electron chi connectivity index (χ4n) is 5.59. The van der Waals surface area contributed by atoms with Crippen LogP contribution in [0.4, 0.5) is 28.7 Å². The number of nitrogens with one attached hydrogen (secondary N) is 1. The minimum Gasteiger partial charge on any atom is -0.397 e. The number of pyridine rings is 5. The first-order valence-electron chi connectivity index (χ1n) is 22.1. The van der Waals surface area contributed by atoms with Gasteiger partial charge in [0.05, 0.1) is 57.2 Å². The van der Waals surface area contributed by atoms with E-state index in [1.807, 2.05) is 25.9 Å². The standard InChI is InChI=1S/C15H10Cl2N4O3S2.C11H9BrCl2N2O3S2.C11H16N4O.C6H7ClN2.C4H2Cl2O2S2/c16-9-6-10(21-26(23,24)13-2-1-11(17)25-13)14(20-7-9)15(22)8-3-4-19-12(18)5-8;1-19-6-16(8-4-7(13)5-15-11(8)12)21(17,18)10-3-2-9(14)20-10;1-14(2)8-13-10-7-9(5-6-12-10)11(16)15(3)4;1-4-6(8)2-5(7)3-9-4;5-3-1-2-4(9-3)10(6,7)8/h1-7,21H,(H2,18,19);2-5H,6H2,1H3;5-8H,1-4H3;2-3H,8H2,1H3;1-2H. The molecule has 0 radical (unpaired) electrons. The number of thiophene rings is 3. The first kappa shape index (κ1) is 69.5. The first-order valence-corrected chi connectivity index (χ1v) is 32.8. The Morgan fingerprint density at radius 2 is 1.23 bits per heavy atom. The van der Waals surface area contributed by atoms with E-state index >= 15 is 0 Å². The van der Waals surface area contributed by atoms with E-state index in [4.69, 9.17) is 96.5 Å². The Hall–Kier alpha value is -5.02. The summed E-state index contributed by atoms with van der Waals surface area (Å²) in [6, 6.07) is 19.3. The fourth-order valence-corrected chi connectivity index (χ4v) is 14.4. The van der Waals surface area contributed by atoms with E-state index in [1.165, 1.54) is 91.3 Å². The van der Waals surface area contributed by atoms with Gasteiger partial charge in [-0.25, -0.2) is 54.5 Å². The number of aliphatic imine (C=N–C) groups is 1. The van der Waals surface area contributed by atoms with Crippen LogP contribution in [0.2, 0.25) is 28.1 Å². The van der Waals surface area contributed by atoms with Gasteiger partial charge in [0, 0.05) is 88.1 Å². The summed E-state index contributed by atoms with van der Waals surface area (Å²) in [5.74, 6) is 0.1000. The summed E-state index contributed by atoms with van der Waals surface area (Å²) in [4.78, 5) is 51.6. The van der Waals surface area contributed by atoms with Crippen LogP contribution in [0.5, 0.6) is 0 Å². The third-order valence-electron chi connectivity index (χ3n) is 9.27. The Morgan fingerprint density at radius 3 is 1.74 bits per heavy atom. The van der Waals surface area contributed by atoms with Gasteiger partial charge >= 0.3 is 0 Å². The number of halogens is 8. The quantitative estimate of drug-likeness (QED) is 0.0228. The Labute approximate surface area is 527 Å². The van der Waals surface area contributed by atoms with Crippen molar-refractivity contribution in [2.75, 3.05) is 62.5 Å². The number of methoxy groups -OCH3 is 1. The number of anilines is 4. The fraction of sp³-hybridized carbons (Fsp3) is 0.149. The number of sulfonamides is 2. The minimum absolute atomic E-state index is 0.00553. The molecule has 0 aliphatic rings. The zero-order valence-corrected chi connectivity index (χ0v) is 54.8. The van der Waals surface area contributed by atoms with Gasteiger partial charge in [0.2, 0.25) is 5.78 Å². The number of ketones is 1. The predicted molar refractivity (Wildman–Crippen MR) is 334 cm³/mol. The van der Waals surface area contributed by atoms with Crippen molar-refractivity contribution in [3.63, 3.8) is 0 Å². The van der Waals surface area contributed by atoms with Crippen molar-refractivity contribution >= 4 is 206 Å². The van der Waals surface area contributed by atoms with Crippen molar-refractivity contribution in [3.05, 3.63) is 165 Å². The number of rotatable bonds is 14. The molecule has 0 aliphatic heterocycles. The molecule has 0 aromatic carbocycles. The lowest BCUT2D eigenvalue weighted by Gasteiger charge is -2.23. The number of ether oxygens (including phenoxy) is 1. The van der Waals surface area contributed by atoms with Gasteiger partial charge in [-0.1, -0.05) is 69.6 Å². The van der Waals surface area contributed by atoms with Gasteiger partial charge in [-0.15, -0.1) is 34.0 Å². The van der Waals surface area contributed by atoms with Gasteiger partial charge in [-0.2, -0.15) is 0 Å². The van der Waals surface area contributed by atoms with Crippen LogP contribution < -0.4 is 20.5 Å². The van der Waals surface area contributed by atoms with E-state index < -0.39 is 34.9 Å². The molecule has 8 heterocycles. The van der Waals surface area contributed by atoms with E-state index in [-0.39, 0.29) is 58.7 Å². The molecule has 438 valence electrons. The lowest BCUT2D eigenvalue weighted by atomic mass is 10.1. The Balaban J connectivity index is 0.000000232. The molecule has 21 nitrogen and oxygen atoms in total. The summed E-state index contributed by atoms with van der Waals surface area (Å²) in [5, 5.41) is 1.06. The second-order valence-electron chi connectivity index (χ2n) is 15.9. The highest BCUT2D eigenvalue weighted by atomic mass is 79.9. The van der Waals surface area contributed by atoms with Gasteiger partial charge in [0.1, 0.15) is 35.5 Å². The summed E-state index contributed by atoms with van der Waals surface area (Å²) in [6.45, 7) is 1.66. The number of hydrogen-bond donors (Lipinski definition) is 3. The second-order valence-corrected chi connectivity index (χ2v) is 29.9. The van der Waals surface area contributed by atoms with Crippen molar-refractivity contribution < 1.29 is 39.6 Å². The number of aryl methyl sites for hydroxylation is 1. The van der Waals surface area contributed by atoms with Gasteiger partial charge < -0.3 is 26.0 Å². The van der Waals surface area contributed by atoms with Crippen molar-refractivity contribution in [2.24, 2.45) is 4.99 Å². The van der Waals surface area contributed by atoms with Crippen LogP contribution in [0.3, 0.4) is 0 Å². The Kier molecular flexibility index (Phi) is 26.9. The van der Waals surface area contributed by atoms with Crippen molar-refractivity contribution in [1.29, 1.82) is 0 Å². The summed E-state index contributed by atoms with van der Waals surface area (Å²) in [5.41, 5.74) is 13.4. The van der Waals surface area contributed by atoms with E-state index in [2.05, 4.69) is 50.6 Å². The van der Waals surface area contributed by atoms with Crippen LogP contribution >= 0.6 is 130 Å². The number of amides is 1. The maximum Gasteiger partial charge on any atom is 0.275 e. The highest BCUT2D eigenvalue weighted by molar-refractivity contribution is 9.10. The molecule has 35 heteroatoms. The molecular formula is C47H44BrCl7N12O9S6. The second kappa shape index (κ2) is 31.8. The summed E-state index contributed by atoms with van der Waals surface area (Å²) < 4.78 is 81.6. The summed E-state index contributed by atoms with van der Waals surface area (Å²) in [7, 11) is 2.21. The first-order chi connectivity index (χ1) is 38.3. The molecule has 0 saturated carbocycles. The maximum atomic E-state index is 12.7. The third-order valence-corrected chi connectivity index (χ3v) is 20.3. The molecule has 0 atom stereocenters. The average molecular weight is 1440 g/mol. The number of nitrogens with two attached hydrogens (primary N) is 2. The van der Waals surface area contributed by atoms with Crippen molar-refractivity contribution in [2.45, 2.75) is 19.6 Å². The zero-order valence-electron chi connectivity index (χ0n) is 43.0. The Morgan fingerprint density at radius 1 is 0.695 bits per heavy atom. The molecule has 8 aromatic rings. The van der Waals surface area contributed by atoms with Crippen molar-refractivity contribution in [3.8, 4) is 0 Å². The number of nitrogen functional groups attached to an aromatic ring is 2. The SMILES string of the molecule is CN(C)C=Nc1cc(C(=O)N(C)C)ccn1.COCN(c1cc(Cl)cnc1Br)S(=O)(=O)c1ccc(Cl)s1.Cc1ncc(Cl)cc1N.Nc1cc(C(=O)c2ncc(Cl)cc2NS(=O)(=O)c2ccc(Cl)s2)ccn1.O=S(=O)(Cl)c1ccc(Cl)s1. The highest BCUT2D eigenvalue weighted by Gasteiger charge is 2.29. The van der Waals surface area contributed by atoms with Crippen LogP contribution in [-0.2, 0) is 33.8 Å². The number of carbonyl (C=O) groups excluding carboxylic acids is 2. The molecule has 0 aliphatic carbocycles. The largest absolute Gasteiger partial charge is 0.397 e. The lowest BCUT2D eigenvalue weighted by Crippen LogP contribution is -2.32. The van der Waals surface area contributed by atoms with Crippen LogP contribution in [0.15, 0.2) is 132 Å². The van der Waals surface area contributed by atoms with E-state index in [9.17, 15) is 34.8 Å². The van der Waals surface area contributed by atoms with Crippen LogP contribution in [-0.4, -0.2) is 120 Å². The van der Waals surface area contributed by atoms with Gasteiger partial charge in [0.15, 0.2) is 5.82 Å². The van der Waals surface area contributed by atoms with Gasteiger partial charge in [-0.3, -0.25) is 19.3 Å². The van der Waals surface area contributed by atoms with Crippen LogP contribution in [0.25, 0.3) is 0 Å². The molecule has 0 unspecified atom stereocenters. The Bertz CT molecular complexity index is 3900. The molecule has 0 bridgehead atoms. The monoisotopic (exact) mass is 1440 g/mol. The molecule has 0 saturated heterocycles. The average Bonchev–Trinajstić information content (AvgIpc) is 4.36. The van der Waals surface area contributed by atoms with Crippen LogP contribution in [0.1, 0.15) is 32.1 Å². The number of hydrogen-bond acceptors (Lipinski definition) is 20. The van der Waals surface area contributed by atoms with Crippen LogP contribution in [0, 0.1) is 6.92 Å². The normalized spacial score (nSPS) is 11.1. The molecule has 0 spiro atoms. The summed E-state index contributed by atoms with van der Waals surface area (Å²) in [6.07, 6.45) is 8.84. The molecule has 8 aromatic heterocycles. The van der Waals surface area contributed by atoms with E-state index in [0.717, 1.165) is 44.0 Å². The zero-order chi connectivity index (χ0) is 61.3. The predicted octanol–water partition coefficient (Wildman–Crippen LogP) is 12.4. The van der Waals surface area contributed by atoms with E-state index in [0.29, 0.717) is 44.7 Å². The maximum absolute atomic E-state index is 12.7. The number of carbonyl (C=O) groups is 2. The minimum atomic E-state index is -3.96. The van der Waals surface area contributed by atoms with Gasteiger partial charge in [-0.05, 0) is 102 Å². The molecule has 5 N–H and O–H groups in total. The molecule has 82 heavy (non-hydrogen) atoms. The highest BCUT2D eigenvalue weighted by Crippen LogP contribution is 2.35. The number of aromatic nitrogens is 5.